The van der Waals surface area contributed by atoms with Crippen molar-refractivity contribution >= 4 is 10.8 Å². The third kappa shape index (κ3) is 2.70. The van der Waals surface area contributed by atoms with Gasteiger partial charge in [-0.25, -0.2) is 8.78 Å². The first-order chi connectivity index (χ1) is 8.06. The van der Waals surface area contributed by atoms with Crippen LogP contribution >= 0.6 is 0 Å². The number of hydrogen-bond acceptors (Lipinski definition) is 2. The molecule has 1 aromatic carbocycles. The fraction of sp³-hybridized carbons (Fsp3) is 0.417. The summed E-state index contributed by atoms with van der Waals surface area (Å²) < 4.78 is 38.3. The molecule has 1 aliphatic rings. The molecule has 2 rings (SSSR count). The maximum absolute atomic E-state index is 13.4. The molecule has 0 amide bonds. The standard InChI is InChI=1S/C12H11F2NOS/c13-9-1-2-10(14)11(7-9)17(16)8-12(3-4-12)5-6-15/h1-2,7H,3-5,8H2. The topological polar surface area (TPSA) is 40.9 Å². The van der Waals surface area contributed by atoms with Crippen LogP contribution in [-0.2, 0) is 10.8 Å². The van der Waals surface area contributed by atoms with Crippen LogP contribution in [0, 0.1) is 28.4 Å². The first-order valence-corrected chi connectivity index (χ1v) is 6.59. The van der Waals surface area contributed by atoms with Crippen LogP contribution in [-0.4, -0.2) is 9.96 Å². The Morgan fingerprint density at radius 2 is 2.12 bits per heavy atom. The molecular formula is C12H11F2NOS. The third-order valence-corrected chi connectivity index (χ3v) is 4.66. The second kappa shape index (κ2) is 4.53. The lowest BCUT2D eigenvalue weighted by Gasteiger charge is -2.10. The molecule has 2 nitrogen and oxygen atoms in total. The van der Waals surface area contributed by atoms with Crippen LogP contribution in [0.3, 0.4) is 0 Å². The molecule has 17 heavy (non-hydrogen) atoms. The van der Waals surface area contributed by atoms with Crippen LogP contribution in [0.15, 0.2) is 23.1 Å². The average molecular weight is 255 g/mol. The number of benzene rings is 1. The first kappa shape index (κ1) is 12.2. The highest BCUT2D eigenvalue weighted by Gasteiger charge is 2.44. The molecule has 0 saturated heterocycles. The number of rotatable bonds is 4. The smallest absolute Gasteiger partial charge is 0.139 e. The van der Waals surface area contributed by atoms with E-state index >= 15 is 0 Å². The van der Waals surface area contributed by atoms with Crippen LogP contribution in [0.25, 0.3) is 0 Å². The van der Waals surface area contributed by atoms with E-state index in [4.69, 9.17) is 5.26 Å². The van der Waals surface area contributed by atoms with E-state index in [2.05, 4.69) is 6.07 Å². The van der Waals surface area contributed by atoms with Crippen LogP contribution in [0.4, 0.5) is 8.78 Å². The van der Waals surface area contributed by atoms with E-state index in [0.717, 1.165) is 31.0 Å². The van der Waals surface area contributed by atoms with E-state index in [1.165, 1.54) is 0 Å². The largest absolute Gasteiger partial charge is 0.254 e. The van der Waals surface area contributed by atoms with Gasteiger partial charge in [0.15, 0.2) is 0 Å². The van der Waals surface area contributed by atoms with E-state index < -0.39 is 22.4 Å². The highest BCUT2D eigenvalue weighted by Crippen LogP contribution is 2.49. The van der Waals surface area contributed by atoms with Gasteiger partial charge in [-0.15, -0.1) is 0 Å². The molecule has 0 spiro atoms. The Bertz CT molecular complexity index is 506. The van der Waals surface area contributed by atoms with Crippen molar-refractivity contribution in [3.63, 3.8) is 0 Å². The maximum atomic E-state index is 13.4. The Kier molecular flexibility index (Phi) is 3.25. The van der Waals surface area contributed by atoms with Gasteiger partial charge in [0, 0.05) is 12.2 Å². The lowest BCUT2D eigenvalue weighted by molar-refractivity contribution is 0.562. The molecule has 5 heteroatoms. The fourth-order valence-corrected chi connectivity index (χ4v) is 3.36. The number of hydrogen-bond donors (Lipinski definition) is 0. The van der Waals surface area contributed by atoms with Crippen molar-refractivity contribution in [2.24, 2.45) is 5.41 Å². The van der Waals surface area contributed by atoms with Crippen LogP contribution in [0.2, 0.25) is 0 Å². The molecule has 0 aromatic heterocycles. The van der Waals surface area contributed by atoms with Gasteiger partial charge >= 0.3 is 0 Å². The van der Waals surface area contributed by atoms with Gasteiger partial charge in [0.25, 0.3) is 0 Å². The van der Waals surface area contributed by atoms with Gasteiger partial charge in [-0.05, 0) is 36.5 Å². The molecule has 1 unspecified atom stereocenters. The minimum absolute atomic E-state index is 0.103. The molecule has 1 saturated carbocycles. The minimum atomic E-state index is -1.58. The molecule has 0 radical (unpaired) electrons. The lowest BCUT2D eigenvalue weighted by atomic mass is 10.1. The Morgan fingerprint density at radius 3 is 2.71 bits per heavy atom. The summed E-state index contributed by atoms with van der Waals surface area (Å²) in [6.07, 6.45) is 2.00. The van der Waals surface area contributed by atoms with Gasteiger partial charge in [0.1, 0.15) is 11.6 Å². The molecule has 1 atom stereocenters. The number of nitriles is 1. The second-order valence-electron chi connectivity index (χ2n) is 4.40. The fourth-order valence-electron chi connectivity index (χ4n) is 1.72. The van der Waals surface area contributed by atoms with Crippen LogP contribution in [0.5, 0.6) is 0 Å². The SMILES string of the molecule is N#CCC1(CS(=O)c2cc(F)ccc2F)CC1. The molecule has 0 aliphatic heterocycles. The summed E-state index contributed by atoms with van der Waals surface area (Å²) >= 11 is 0. The zero-order valence-electron chi connectivity index (χ0n) is 9.08. The van der Waals surface area contributed by atoms with Crippen molar-refractivity contribution in [2.75, 3.05) is 5.75 Å². The molecule has 1 fully saturated rings. The molecule has 0 bridgehead atoms. The lowest BCUT2D eigenvalue weighted by Crippen LogP contribution is -2.13. The normalized spacial score (nSPS) is 18.4. The zero-order chi connectivity index (χ0) is 12.5. The zero-order valence-corrected chi connectivity index (χ0v) is 9.90. The van der Waals surface area contributed by atoms with E-state index in [1.807, 2.05) is 0 Å². The molecule has 0 heterocycles. The number of nitrogens with zero attached hydrogens (tertiary/aromatic N) is 1. The van der Waals surface area contributed by atoms with Gasteiger partial charge < -0.3 is 0 Å². The van der Waals surface area contributed by atoms with Gasteiger partial charge in [0.2, 0.25) is 0 Å². The van der Waals surface area contributed by atoms with Crippen molar-refractivity contribution in [1.82, 2.24) is 0 Å². The van der Waals surface area contributed by atoms with Crippen molar-refractivity contribution in [3.8, 4) is 6.07 Å². The first-order valence-electron chi connectivity index (χ1n) is 5.27. The highest BCUT2D eigenvalue weighted by atomic mass is 32.2. The summed E-state index contributed by atoms with van der Waals surface area (Å²) in [6, 6.07) is 4.99. The molecule has 0 N–H and O–H groups in total. The monoisotopic (exact) mass is 255 g/mol. The summed E-state index contributed by atoms with van der Waals surface area (Å²) in [5.41, 5.74) is -0.238. The van der Waals surface area contributed by atoms with Gasteiger partial charge in [-0.2, -0.15) is 5.26 Å². The van der Waals surface area contributed by atoms with Gasteiger partial charge in [-0.3, -0.25) is 4.21 Å². The van der Waals surface area contributed by atoms with E-state index in [0.29, 0.717) is 6.42 Å². The Labute approximate surface area is 101 Å². The van der Waals surface area contributed by atoms with Crippen molar-refractivity contribution in [2.45, 2.75) is 24.2 Å². The summed E-state index contributed by atoms with van der Waals surface area (Å²) in [5, 5.41) is 8.64. The predicted octanol–water partition coefficient (Wildman–Crippen LogP) is 2.77. The van der Waals surface area contributed by atoms with Crippen molar-refractivity contribution < 1.29 is 13.0 Å². The molecule has 1 aromatic rings. The van der Waals surface area contributed by atoms with Crippen molar-refractivity contribution in [1.29, 1.82) is 5.26 Å². The summed E-state index contributed by atoms with van der Waals surface area (Å²) in [5.74, 6) is -1.02. The van der Waals surface area contributed by atoms with E-state index in [9.17, 15) is 13.0 Å². The molecule has 1 aliphatic carbocycles. The average Bonchev–Trinajstić information content (AvgIpc) is 3.02. The number of halogens is 2. The van der Waals surface area contributed by atoms with Gasteiger partial charge in [-0.1, -0.05) is 0 Å². The predicted molar refractivity (Wildman–Crippen MR) is 59.5 cm³/mol. The third-order valence-electron chi connectivity index (χ3n) is 2.99. The van der Waals surface area contributed by atoms with E-state index in [-0.39, 0.29) is 16.1 Å². The molecular weight excluding hydrogens is 244 g/mol. The summed E-state index contributed by atoms with van der Waals surface area (Å²) in [4.78, 5) is -0.103. The van der Waals surface area contributed by atoms with E-state index in [1.54, 1.807) is 0 Å². The minimum Gasteiger partial charge on any atom is -0.254 e. The maximum Gasteiger partial charge on any atom is 0.139 e. The van der Waals surface area contributed by atoms with Crippen LogP contribution in [0.1, 0.15) is 19.3 Å². The van der Waals surface area contributed by atoms with Gasteiger partial charge in [0.05, 0.1) is 21.8 Å². The second-order valence-corrected chi connectivity index (χ2v) is 5.82. The Balaban J connectivity index is 2.15. The van der Waals surface area contributed by atoms with Crippen molar-refractivity contribution in [3.05, 3.63) is 29.8 Å². The highest BCUT2D eigenvalue weighted by molar-refractivity contribution is 7.85. The molecule has 90 valence electrons. The van der Waals surface area contributed by atoms with Crippen LogP contribution < -0.4 is 0 Å². The quantitative estimate of drug-likeness (QED) is 0.830. The Morgan fingerprint density at radius 1 is 1.41 bits per heavy atom. The Hall–Kier alpha value is -1.28. The summed E-state index contributed by atoms with van der Waals surface area (Å²) in [7, 11) is -1.58. The summed E-state index contributed by atoms with van der Waals surface area (Å²) in [6.45, 7) is 0.